The van der Waals surface area contributed by atoms with E-state index in [9.17, 15) is 4.79 Å². The van der Waals surface area contributed by atoms with Crippen LogP contribution in [0.4, 0.5) is 0 Å². The summed E-state index contributed by atoms with van der Waals surface area (Å²) in [5.74, 6) is 0. The molecule has 1 amide bonds. The minimum Gasteiger partial charge on any atom is -0.356 e. The highest BCUT2D eigenvalue weighted by Gasteiger charge is 2.16. The normalized spacial score (nSPS) is 20.8. The number of carbonyl (C=O) groups is 1. The van der Waals surface area contributed by atoms with E-state index in [1.165, 1.54) is 13.0 Å². The molecule has 0 aromatic carbocycles. The van der Waals surface area contributed by atoms with Crippen LogP contribution in [-0.4, -0.2) is 37.0 Å². The van der Waals surface area contributed by atoms with Gasteiger partial charge in [0.1, 0.15) is 0 Å². The summed E-state index contributed by atoms with van der Waals surface area (Å²) in [5.41, 5.74) is 0. The lowest BCUT2D eigenvalue weighted by molar-refractivity contribution is -0.110. The molecule has 0 radical (unpaired) electrons. The van der Waals surface area contributed by atoms with Gasteiger partial charge in [-0.05, 0) is 25.8 Å². The molecule has 0 aliphatic carbocycles. The Bertz CT molecular complexity index is 130. The minimum atomic E-state index is 0.426. The van der Waals surface area contributed by atoms with Gasteiger partial charge in [-0.1, -0.05) is 6.92 Å². The molecule has 1 rings (SSSR count). The number of piperidine rings is 1. The number of likely N-dealkylation sites (tertiary alicyclic amines) is 1. The smallest absolute Gasteiger partial charge is 0.207 e. The van der Waals surface area contributed by atoms with E-state index in [2.05, 4.69) is 17.1 Å². The zero-order valence-electron chi connectivity index (χ0n) is 7.75. The molecule has 0 unspecified atom stereocenters. The summed E-state index contributed by atoms with van der Waals surface area (Å²) < 4.78 is 0. The van der Waals surface area contributed by atoms with E-state index in [0.29, 0.717) is 6.04 Å². The summed E-state index contributed by atoms with van der Waals surface area (Å²) in [6.07, 6.45) is 4.27. The van der Waals surface area contributed by atoms with Gasteiger partial charge in [0.25, 0.3) is 0 Å². The molecular formula is C9H18N2O. The van der Waals surface area contributed by atoms with E-state index in [-0.39, 0.29) is 0 Å². The van der Waals surface area contributed by atoms with Crippen molar-refractivity contribution in [2.24, 2.45) is 0 Å². The van der Waals surface area contributed by atoms with Crippen molar-refractivity contribution in [3.8, 4) is 0 Å². The van der Waals surface area contributed by atoms with Crippen molar-refractivity contribution in [1.29, 1.82) is 0 Å². The van der Waals surface area contributed by atoms with Crippen molar-refractivity contribution in [3.63, 3.8) is 0 Å². The number of amides is 1. The third-order valence-corrected chi connectivity index (χ3v) is 2.43. The average Bonchev–Trinajstić information content (AvgIpc) is 2.09. The lowest BCUT2D eigenvalue weighted by atomic mass is 10.1. The first-order valence-corrected chi connectivity index (χ1v) is 4.79. The zero-order valence-corrected chi connectivity index (χ0v) is 7.75. The Hall–Kier alpha value is -0.570. The maximum absolute atomic E-state index is 10.2. The molecule has 0 atom stereocenters. The molecule has 70 valence electrons. The molecule has 1 heterocycles. The van der Waals surface area contributed by atoms with Gasteiger partial charge in [0.15, 0.2) is 0 Å². The van der Waals surface area contributed by atoms with Crippen LogP contribution in [0.2, 0.25) is 0 Å². The zero-order chi connectivity index (χ0) is 8.81. The van der Waals surface area contributed by atoms with Gasteiger partial charge in [-0.15, -0.1) is 0 Å². The van der Waals surface area contributed by atoms with Crippen molar-refractivity contribution in [1.82, 2.24) is 10.2 Å². The highest BCUT2D eigenvalue weighted by molar-refractivity contribution is 5.46. The fourth-order valence-electron chi connectivity index (χ4n) is 1.74. The standard InChI is InChI=1S/C9H18N2O/c1-2-5-11-6-3-9(4-7-11)10-8-12/h8-9H,2-7H2,1H3,(H,10,12). The Morgan fingerprint density at radius 2 is 2.17 bits per heavy atom. The van der Waals surface area contributed by atoms with E-state index in [4.69, 9.17) is 0 Å². The molecule has 0 aromatic heterocycles. The summed E-state index contributed by atoms with van der Waals surface area (Å²) in [7, 11) is 0. The Morgan fingerprint density at radius 3 is 2.67 bits per heavy atom. The molecule has 0 bridgehead atoms. The van der Waals surface area contributed by atoms with Crippen molar-refractivity contribution in [2.45, 2.75) is 32.2 Å². The van der Waals surface area contributed by atoms with E-state index in [1.54, 1.807) is 0 Å². The summed E-state index contributed by atoms with van der Waals surface area (Å²) in [5, 5.41) is 2.84. The number of nitrogens with zero attached hydrogens (tertiary/aromatic N) is 1. The third-order valence-electron chi connectivity index (χ3n) is 2.43. The van der Waals surface area contributed by atoms with E-state index in [0.717, 1.165) is 32.3 Å². The third kappa shape index (κ3) is 2.81. The van der Waals surface area contributed by atoms with Crippen molar-refractivity contribution in [2.75, 3.05) is 19.6 Å². The molecule has 0 aromatic rings. The van der Waals surface area contributed by atoms with Gasteiger partial charge in [0, 0.05) is 19.1 Å². The molecule has 0 spiro atoms. The Kier molecular flexibility index (Phi) is 4.08. The highest BCUT2D eigenvalue weighted by atomic mass is 16.1. The molecule has 1 aliphatic rings. The molecule has 3 nitrogen and oxygen atoms in total. The number of hydrogen-bond donors (Lipinski definition) is 1. The van der Waals surface area contributed by atoms with Crippen LogP contribution in [0.25, 0.3) is 0 Å². The molecule has 0 saturated carbocycles. The van der Waals surface area contributed by atoms with Crippen LogP contribution in [0.5, 0.6) is 0 Å². The summed E-state index contributed by atoms with van der Waals surface area (Å²) in [6, 6.07) is 0.426. The quantitative estimate of drug-likeness (QED) is 0.627. The van der Waals surface area contributed by atoms with Crippen molar-refractivity contribution in [3.05, 3.63) is 0 Å². The van der Waals surface area contributed by atoms with Crippen LogP contribution >= 0.6 is 0 Å². The maximum Gasteiger partial charge on any atom is 0.207 e. The summed E-state index contributed by atoms with van der Waals surface area (Å²) in [4.78, 5) is 12.6. The number of rotatable bonds is 4. The van der Waals surface area contributed by atoms with Crippen LogP contribution in [0.15, 0.2) is 0 Å². The Labute approximate surface area is 74.1 Å². The van der Waals surface area contributed by atoms with Crippen molar-refractivity contribution >= 4 is 6.41 Å². The van der Waals surface area contributed by atoms with Gasteiger partial charge in [-0.2, -0.15) is 0 Å². The Balaban J connectivity index is 2.15. The second kappa shape index (κ2) is 5.14. The largest absolute Gasteiger partial charge is 0.356 e. The predicted molar refractivity (Wildman–Crippen MR) is 49.0 cm³/mol. The first-order chi connectivity index (χ1) is 5.86. The van der Waals surface area contributed by atoms with Crippen LogP contribution in [0.1, 0.15) is 26.2 Å². The second-order valence-electron chi connectivity index (χ2n) is 3.40. The SMILES string of the molecule is CCCN1CCC(NC=O)CC1. The van der Waals surface area contributed by atoms with Gasteiger partial charge in [-0.25, -0.2) is 0 Å². The van der Waals surface area contributed by atoms with Crippen LogP contribution in [0, 0.1) is 0 Å². The Morgan fingerprint density at radius 1 is 1.50 bits per heavy atom. The molecule has 1 aliphatic heterocycles. The van der Waals surface area contributed by atoms with E-state index in [1.807, 2.05) is 0 Å². The van der Waals surface area contributed by atoms with Crippen LogP contribution in [0.3, 0.4) is 0 Å². The van der Waals surface area contributed by atoms with E-state index >= 15 is 0 Å². The molecule has 12 heavy (non-hydrogen) atoms. The number of carbonyl (C=O) groups excluding carboxylic acids is 1. The van der Waals surface area contributed by atoms with Crippen LogP contribution < -0.4 is 5.32 Å². The molecule has 1 fully saturated rings. The van der Waals surface area contributed by atoms with Gasteiger partial charge >= 0.3 is 0 Å². The fourth-order valence-corrected chi connectivity index (χ4v) is 1.74. The lowest BCUT2D eigenvalue weighted by Crippen LogP contribution is -2.42. The van der Waals surface area contributed by atoms with Crippen LogP contribution in [-0.2, 0) is 4.79 Å². The maximum atomic E-state index is 10.2. The second-order valence-corrected chi connectivity index (χ2v) is 3.40. The molecule has 1 saturated heterocycles. The topological polar surface area (TPSA) is 32.3 Å². The van der Waals surface area contributed by atoms with Gasteiger partial charge < -0.3 is 10.2 Å². The minimum absolute atomic E-state index is 0.426. The first-order valence-electron chi connectivity index (χ1n) is 4.79. The first kappa shape index (κ1) is 9.52. The summed E-state index contributed by atoms with van der Waals surface area (Å²) >= 11 is 0. The van der Waals surface area contributed by atoms with Crippen molar-refractivity contribution < 1.29 is 4.79 Å². The highest BCUT2D eigenvalue weighted by Crippen LogP contribution is 2.09. The summed E-state index contributed by atoms with van der Waals surface area (Å²) in [6.45, 7) is 5.68. The van der Waals surface area contributed by atoms with Gasteiger partial charge in [0.05, 0.1) is 0 Å². The predicted octanol–water partition coefficient (Wildman–Crippen LogP) is 0.607. The number of hydrogen-bond acceptors (Lipinski definition) is 2. The van der Waals surface area contributed by atoms with Gasteiger partial charge in [0.2, 0.25) is 6.41 Å². The lowest BCUT2D eigenvalue weighted by Gasteiger charge is -2.31. The fraction of sp³-hybridized carbons (Fsp3) is 0.889. The van der Waals surface area contributed by atoms with E-state index < -0.39 is 0 Å². The molecular weight excluding hydrogens is 152 g/mol. The monoisotopic (exact) mass is 170 g/mol. The average molecular weight is 170 g/mol. The molecule has 1 N–H and O–H groups in total. The molecule has 3 heteroatoms. The number of nitrogens with one attached hydrogen (secondary N) is 1. The van der Waals surface area contributed by atoms with Gasteiger partial charge in [-0.3, -0.25) is 4.79 Å².